The van der Waals surface area contributed by atoms with Gasteiger partial charge in [0.05, 0.1) is 13.2 Å². The van der Waals surface area contributed by atoms with Gasteiger partial charge in [0.15, 0.2) is 0 Å². The van der Waals surface area contributed by atoms with Crippen LogP contribution in [0.1, 0.15) is 44.6 Å². The topological polar surface area (TPSA) is 50.4 Å². The first-order valence-corrected chi connectivity index (χ1v) is 9.02. The molecule has 1 fully saturated rings. The molecular formula is C20H27FN2O2. The van der Waals surface area contributed by atoms with Gasteiger partial charge in [-0.25, -0.2) is 9.18 Å². The Morgan fingerprint density at radius 1 is 1.32 bits per heavy atom. The largest absolute Gasteiger partial charge is 0.377 e. The van der Waals surface area contributed by atoms with Gasteiger partial charge in [0.1, 0.15) is 5.82 Å². The quantitative estimate of drug-likeness (QED) is 0.798. The molecule has 5 heteroatoms. The van der Waals surface area contributed by atoms with Crippen molar-refractivity contribution in [1.29, 1.82) is 0 Å². The van der Waals surface area contributed by atoms with Crippen LogP contribution in [0.25, 0.3) is 0 Å². The first-order valence-electron chi connectivity index (χ1n) is 9.02. The number of carbonyl (C=O) groups excluding carboxylic acids is 1. The molecule has 1 aromatic rings. The predicted octanol–water partition coefficient (Wildman–Crippen LogP) is 3.74. The van der Waals surface area contributed by atoms with E-state index >= 15 is 0 Å². The number of nitrogens with one attached hydrogen (secondary N) is 2. The Hall–Kier alpha value is -1.88. The third-order valence-corrected chi connectivity index (χ3v) is 5.34. The molecule has 1 aromatic carbocycles. The summed E-state index contributed by atoms with van der Waals surface area (Å²) in [5, 5.41) is 5.97. The molecule has 0 bridgehead atoms. The van der Waals surface area contributed by atoms with Gasteiger partial charge < -0.3 is 15.4 Å². The standard InChI is InChI=1S/C20H27FN2O2/c1-20(2,15-7-9-25-10-8-15)13-22-19(24)23-16-11-14(12-16)17-5-3-4-6-18(17)21/h3-7,14,16H,8-13H2,1-2H3,(H2,22,23,24). The normalized spacial score (nSPS) is 23.4. The van der Waals surface area contributed by atoms with Crippen LogP contribution in [0.4, 0.5) is 9.18 Å². The monoisotopic (exact) mass is 346 g/mol. The summed E-state index contributed by atoms with van der Waals surface area (Å²) >= 11 is 0. The van der Waals surface area contributed by atoms with E-state index < -0.39 is 0 Å². The average Bonchev–Trinajstić information content (AvgIpc) is 2.58. The van der Waals surface area contributed by atoms with Crippen molar-refractivity contribution < 1.29 is 13.9 Å². The van der Waals surface area contributed by atoms with Crippen LogP contribution in [0, 0.1) is 11.2 Å². The third kappa shape index (κ3) is 4.40. The molecule has 4 nitrogen and oxygen atoms in total. The number of rotatable bonds is 5. The van der Waals surface area contributed by atoms with Crippen LogP contribution >= 0.6 is 0 Å². The fourth-order valence-corrected chi connectivity index (χ4v) is 3.59. The Morgan fingerprint density at radius 2 is 2.08 bits per heavy atom. The molecule has 0 aromatic heterocycles. The molecule has 2 amide bonds. The minimum absolute atomic E-state index is 0.0730. The first kappa shape index (κ1) is 17.9. The van der Waals surface area contributed by atoms with Crippen LogP contribution < -0.4 is 10.6 Å². The van der Waals surface area contributed by atoms with Crippen molar-refractivity contribution >= 4 is 6.03 Å². The van der Waals surface area contributed by atoms with Crippen LogP contribution in [0.3, 0.4) is 0 Å². The van der Waals surface area contributed by atoms with Gasteiger partial charge in [-0.2, -0.15) is 0 Å². The summed E-state index contributed by atoms with van der Waals surface area (Å²) in [6, 6.07) is 6.87. The number of ether oxygens (including phenoxy) is 1. The average molecular weight is 346 g/mol. The smallest absolute Gasteiger partial charge is 0.315 e. The number of hydrogen-bond acceptors (Lipinski definition) is 2. The molecule has 0 atom stereocenters. The van der Waals surface area contributed by atoms with Gasteiger partial charge >= 0.3 is 6.03 Å². The highest BCUT2D eigenvalue weighted by Gasteiger charge is 2.33. The minimum atomic E-state index is -0.151. The summed E-state index contributed by atoms with van der Waals surface area (Å²) in [5.41, 5.74) is 2.02. The Balaban J connectivity index is 1.42. The summed E-state index contributed by atoms with van der Waals surface area (Å²) in [5.74, 6) is 0.0530. The Bertz CT molecular complexity index is 651. The highest BCUT2D eigenvalue weighted by atomic mass is 19.1. The highest BCUT2D eigenvalue weighted by molar-refractivity contribution is 5.74. The molecule has 1 heterocycles. The number of carbonyl (C=O) groups is 1. The second kappa shape index (κ2) is 7.56. The maximum atomic E-state index is 13.8. The van der Waals surface area contributed by atoms with Gasteiger partial charge in [0.25, 0.3) is 0 Å². The molecule has 2 aliphatic rings. The maximum absolute atomic E-state index is 13.8. The van der Waals surface area contributed by atoms with Gasteiger partial charge in [-0.1, -0.05) is 43.7 Å². The van der Waals surface area contributed by atoms with Crippen LogP contribution in [-0.4, -0.2) is 31.8 Å². The molecule has 1 aliphatic carbocycles. The second-order valence-corrected chi connectivity index (χ2v) is 7.65. The fourth-order valence-electron chi connectivity index (χ4n) is 3.59. The number of benzene rings is 1. The molecule has 136 valence electrons. The van der Waals surface area contributed by atoms with E-state index in [9.17, 15) is 9.18 Å². The lowest BCUT2D eigenvalue weighted by molar-refractivity contribution is 0.145. The highest BCUT2D eigenvalue weighted by Crippen LogP contribution is 2.38. The van der Waals surface area contributed by atoms with Crippen LogP contribution in [0.2, 0.25) is 0 Å². The van der Waals surface area contributed by atoms with E-state index in [1.165, 1.54) is 11.6 Å². The molecule has 25 heavy (non-hydrogen) atoms. The Labute approximate surface area is 148 Å². The zero-order valence-corrected chi connectivity index (χ0v) is 15.0. The third-order valence-electron chi connectivity index (χ3n) is 5.34. The number of urea groups is 1. The molecular weight excluding hydrogens is 319 g/mol. The van der Waals surface area contributed by atoms with Crippen molar-refractivity contribution in [2.75, 3.05) is 19.8 Å². The van der Waals surface area contributed by atoms with E-state index in [0.29, 0.717) is 13.2 Å². The fraction of sp³-hybridized carbons (Fsp3) is 0.550. The first-order chi connectivity index (χ1) is 12.0. The van der Waals surface area contributed by atoms with E-state index in [4.69, 9.17) is 4.74 Å². The van der Waals surface area contributed by atoms with Crippen molar-refractivity contribution in [2.45, 2.75) is 45.1 Å². The van der Waals surface area contributed by atoms with Crippen molar-refractivity contribution in [3.63, 3.8) is 0 Å². The number of halogens is 1. The number of amides is 2. The zero-order chi connectivity index (χ0) is 17.9. The van der Waals surface area contributed by atoms with Crippen molar-refractivity contribution in [3.05, 3.63) is 47.3 Å². The summed E-state index contributed by atoms with van der Waals surface area (Å²) in [6.07, 6.45) is 4.62. The summed E-state index contributed by atoms with van der Waals surface area (Å²) in [6.45, 7) is 6.28. The van der Waals surface area contributed by atoms with Crippen molar-refractivity contribution in [3.8, 4) is 0 Å². The SMILES string of the molecule is CC(C)(CNC(=O)NC1CC(c2ccccc2F)C1)C1=CCOCC1. The van der Waals surface area contributed by atoms with Gasteiger partial charge in [0.2, 0.25) is 0 Å². The summed E-state index contributed by atoms with van der Waals surface area (Å²) in [7, 11) is 0. The van der Waals surface area contributed by atoms with Gasteiger partial charge in [-0.05, 0) is 36.8 Å². The van der Waals surface area contributed by atoms with E-state index in [2.05, 4.69) is 30.6 Å². The molecule has 0 unspecified atom stereocenters. The Morgan fingerprint density at radius 3 is 2.76 bits per heavy atom. The Kier molecular flexibility index (Phi) is 5.42. The van der Waals surface area contributed by atoms with Crippen LogP contribution in [0.5, 0.6) is 0 Å². The van der Waals surface area contributed by atoms with E-state index in [1.807, 2.05) is 12.1 Å². The molecule has 1 aliphatic heterocycles. The number of hydrogen-bond donors (Lipinski definition) is 2. The van der Waals surface area contributed by atoms with Gasteiger partial charge in [-0.15, -0.1) is 0 Å². The molecule has 1 saturated carbocycles. The lowest BCUT2D eigenvalue weighted by Crippen LogP contribution is -2.49. The zero-order valence-electron chi connectivity index (χ0n) is 15.0. The lowest BCUT2D eigenvalue weighted by atomic mass is 9.75. The second-order valence-electron chi connectivity index (χ2n) is 7.65. The van der Waals surface area contributed by atoms with Crippen LogP contribution in [-0.2, 0) is 4.74 Å². The lowest BCUT2D eigenvalue weighted by Gasteiger charge is -2.37. The van der Waals surface area contributed by atoms with Gasteiger partial charge in [0, 0.05) is 18.0 Å². The molecule has 0 saturated heterocycles. The van der Waals surface area contributed by atoms with Crippen LogP contribution in [0.15, 0.2) is 35.9 Å². The molecule has 0 radical (unpaired) electrons. The van der Waals surface area contributed by atoms with Gasteiger partial charge in [-0.3, -0.25) is 0 Å². The summed E-state index contributed by atoms with van der Waals surface area (Å²) < 4.78 is 19.1. The van der Waals surface area contributed by atoms with E-state index in [0.717, 1.165) is 31.4 Å². The molecule has 0 spiro atoms. The van der Waals surface area contributed by atoms with E-state index in [1.54, 1.807) is 6.07 Å². The maximum Gasteiger partial charge on any atom is 0.315 e. The predicted molar refractivity (Wildman–Crippen MR) is 96.0 cm³/mol. The molecule has 3 rings (SSSR count). The van der Waals surface area contributed by atoms with Crippen molar-refractivity contribution in [2.24, 2.45) is 5.41 Å². The minimum Gasteiger partial charge on any atom is -0.377 e. The summed E-state index contributed by atoms with van der Waals surface area (Å²) in [4.78, 5) is 12.1. The van der Waals surface area contributed by atoms with Crippen molar-refractivity contribution in [1.82, 2.24) is 10.6 Å². The van der Waals surface area contributed by atoms with E-state index in [-0.39, 0.29) is 29.2 Å². The molecule has 2 N–H and O–H groups in total.